The van der Waals surface area contributed by atoms with Crippen LogP contribution in [0.5, 0.6) is 11.5 Å². The highest BCUT2D eigenvalue weighted by molar-refractivity contribution is 7.86. The molecule has 0 radical (unpaired) electrons. The predicted molar refractivity (Wildman–Crippen MR) is 199 cm³/mol. The summed E-state index contributed by atoms with van der Waals surface area (Å²) in [4.78, 5) is 13.7. The summed E-state index contributed by atoms with van der Waals surface area (Å²) in [6, 6.07) is 11.1. The Hall–Kier alpha value is -4.50. The summed E-state index contributed by atoms with van der Waals surface area (Å²) in [5.74, 6) is -5.37. The minimum atomic E-state index is -5.43. The molecule has 8 rings (SSSR count). The second-order valence-corrected chi connectivity index (χ2v) is 17.6. The standard InChI is InChI=1S/C39H33F3N2O6S3/c1-38(2)23-9-12-51-35(23)19-14-21-29(17-27(19)43(38)4)50-30-18-28-20(36-24(10-13-52-36)39(3,44(28)5)11-7-6-8-31(45)46)15-22(30)32(21)33-34(42)25(40)16-26(41)37(33)53(47,48)49/h9-10,12-18H,6-8,11H2,1-5H3,(H-,45,46,47,48,49)/p+1. The van der Waals surface area contributed by atoms with Crippen LogP contribution in [0, 0.1) is 17.5 Å². The van der Waals surface area contributed by atoms with Gasteiger partial charge in [0.2, 0.25) is 5.36 Å². The van der Waals surface area contributed by atoms with Crippen LogP contribution in [-0.2, 0) is 26.0 Å². The molecule has 0 saturated carbocycles. The van der Waals surface area contributed by atoms with E-state index in [1.54, 1.807) is 24.3 Å². The van der Waals surface area contributed by atoms with E-state index < -0.39 is 55.1 Å². The molecule has 5 heterocycles. The molecule has 5 aromatic rings. The van der Waals surface area contributed by atoms with Crippen LogP contribution in [0.2, 0.25) is 0 Å². The van der Waals surface area contributed by atoms with Crippen molar-refractivity contribution in [2.24, 2.45) is 0 Å². The van der Waals surface area contributed by atoms with Gasteiger partial charge in [-0.05, 0) is 67.3 Å². The average Bonchev–Trinajstić information content (AvgIpc) is 3.79. The van der Waals surface area contributed by atoms with E-state index in [2.05, 4.69) is 30.2 Å². The van der Waals surface area contributed by atoms with E-state index in [4.69, 9.17) is 4.74 Å². The van der Waals surface area contributed by atoms with Crippen molar-refractivity contribution in [3.8, 4) is 32.4 Å². The maximum absolute atomic E-state index is 16.3. The fourth-order valence-corrected chi connectivity index (χ4v) is 11.0. The van der Waals surface area contributed by atoms with Gasteiger partial charge in [-0.1, -0.05) is 0 Å². The van der Waals surface area contributed by atoms with Gasteiger partial charge >= 0.3 is 5.97 Å². The van der Waals surface area contributed by atoms with Gasteiger partial charge in [-0.25, -0.2) is 17.7 Å². The summed E-state index contributed by atoms with van der Waals surface area (Å²) < 4.78 is 91.8. The van der Waals surface area contributed by atoms with Gasteiger partial charge < -0.3 is 14.7 Å². The van der Waals surface area contributed by atoms with E-state index in [9.17, 15) is 22.9 Å². The Balaban J connectivity index is 1.49. The number of carbonyl (C=O) groups is 1. The number of fused-ring (bicyclic) bond motifs is 8. The molecule has 53 heavy (non-hydrogen) atoms. The second kappa shape index (κ2) is 12.0. The van der Waals surface area contributed by atoms with E-state index in [0.717, 1.165) is 37.5 Å². The first kappa shape index (κ1) is 35.5. The van der Waals surface area contributed by atoms with E-state index in [1.165, 1.54) is 22.7 Å². The van der Waals surface area contributed by atoms with Crippen LogP contribution in [0.1, 0.15) is 68.7 Å². The molecule has 0 fully saturated rings. The number of benzene rings is 3. The monoisotopic (exact) mass is 779 g/mol. The number of thiophene rings is 2. The number of rotatable bonds is 7. The number of hydrogen-bond donors (Lipinski definition) is 2. The first-order valence-corrected chi connectivity index (χ1v) is 20.1. The molecule has 3 aromatic carbocycles. The molecular formula is C39H34F3N2O6S3+. The third-order valence-corrected chi connectivity index (χ3v) is 14.1. The summed E-state index contributed by atoms with van der Waals surface area (Å²) in [5.41, 5.74) is 2.36. The highest BCUT2D eigenvalue weighted by Gasteiger charge is 2.44. The van der Waals surface area contributed by atoms with Gasteiger partial charge in [0.05, 0.1) is 22.0 Å². The number of hydrogen-bond acceptors (Lipinski definition) is 7. The lowest BCUT2D eigenvalue weighted by atomic mass is 9.81. The van der Waals surface area contributed by atoms with Crippen molar-refractivity contribution < 1.29 is 40.8 Å². The van der Waals surface area contributed by atoms with Crippen molar-refractivity contribution in [1.29, 1.82) is 0 Å². The average molecular weight is 780 g/mol. The Morgan fingerprint density at radius 2 is 1.58 bits per heavy atom. The predicted octanol–water partition coefficient (Wildman–Crippen LogP) is 7.84. The maximum Gasteiger partial charge on any atom is 0.303 e. The summed E-state index contributed by atoms with van der Waals surface area (Å²) in [7, 11) is -1.57. The van der Waals surface area contributed by atoms with Crippen molar-refractivity contribution in [3.63, 3.8) is 0 Å². The van der Waals surface area contributed by atoms with Gasteiger partial charge in [-0.2, -0.15) is 8.42 Å². The molecule has 0 bridgehead atoms. The molecule has 3 aliphatic rings. The first-order chi connectivity index (χ1) is 24.9. The number of aliphatic carboxylic acids is 1. The summed E-state index contributed by atoms with van der Waals surface area (Å²) >= 11 is 2.97. The van der Waals surface area contributed by atoms with E-state index in [0.29, 0.717) is 24.8 Å². The number of anilines is 1. The molecule has 14 heteroatoms. The normalized spacial score (nSPS) is 18.0. The summed E-state index contributed by atoms with van der Waals surface area (Å²) in [6.45, 7) is 6.25. The van der Waals surface area contributed by atoms with Crippen LogP contribution < -0.4 is 24.8 Å². The van der Waals surface area contributed by atoms with Crippen LogP contribution >= 0.6 is 22.7 Å². The van der Waals surface area contributed by atoms with Crippen LogP contribution in [-0.4, -0.2) is 38.1 Å². The van der Waals surface area contributed by atoms with Crippen molar-refractivity contribution in [2.45, 2.75) is 62.4 Å². The Kier molecular flexibility index (Phi) is 8.05. The molecule has 2 N–H and O–H groups in total. The van der Waals surface area contributed by atoms with Crippen LogP contribution in [0.15, 0.2) is 58.1 Å². The highest BCUT2D eigenvalue weighted by Crippen LogP contribution is 2.53. The lowest BCUT2D eigenvalue weighted by Gasteiger charge is -2.43. The van der Waals surface area contributed by atoms with E-state index in [-0.39, 0.29) is 40.3 Å². The van der Waals surface area contributed by atoms with Crippen molar-refractivity contribution in [3.05, 3.63) is 104 Å². The Labute approximate surface area is 311 Å². The zero-order valence-corrected chi connectivity index (χ0v) is 31.8. The molecule has 0 amide bonds. The molecule has 2 aromatic heterocycles. The minimum Gasteiger partial charge on any atom is -0.481 e. The molecule has 1 unspecified atom stereocenters. The number of carboxylic acid groups (broad SMARTS) is 1. The van der Waals surface area contributed by atoms with Crippen molar-refractivity contribution in [2.75, 3.05) is 19.0 Å². The van der Waals surface area contributed by atoms with Gasteiger partial charge in [0.15, 0.2) is 17.2 Å². The van der Waals surface area contributed by atoms with Gasteiger partial charge in [-0.15, -0.1) is 22.7 Å². The Morgan fingerprint density at radius 3 is 2.26 bits per heavy atom. The molecular weight excluding hydrogens is 746 g/mol. The number of ether oxygens (including phenoxy) is 1. The molecule has 0 aliphatic carbocycles. The molecule has 0 saturated heterocycles. The summed E-state index contributed by atoms with van der Waals surface area (Å²) in [6.07, 6.45) is 1.84. The maximum atomic E-state index is 16.3. The van der Waals surface area contributed by atoms with Crippen LogP contribution in [0.3, 0.4) is 0 Å². The SMILES string of the molecule is CN1c2cc3c(cc2-c2sccc2C1(C)C)C(c1c(F)c(F)cc(F)c1S(=O)(=O)O)=c1cc2c(cc1O3)=[N+](C)C(C)(CCCCC(=O)O)c1ccsc1-2. The highest BCUT2D eigenvalue weighted by atomic mass is 32.2. The zero-order chi connectivity index (χ0) is 37.9. The lowest BCUT2D eigenvalue weighted by Crippen LogP contribution is -2.48. The molecule has 0 spiro atoms. The number of nitrogens with zero attached hydrogens (tertiary/aromatic N) is 2. The molecule has 1 atom stereocenters. The smallest absolute Gasteiger partial charge is 0.303 e. The molecule has 274 valence electrons. The number of unbranched alkanes of at least 4 members (excludes halogenated alkanes) is 1. The fourth-order valence-electron chi connectivity index (χ4n) is 8.12. The number of halogens is 3. The third kappa shape index (κ3) is 5.20. The largest absolute Gasteiger partial charge is 0.481 e. The second-order valence-electron chi connectivity index (χ2n) is 14.4. The summed E-state index contributed by atoms with van der Waals surface area (Å²) in [5, 5.41) is 14.0. The van der Waals surface area contributed by atoms with Crippen molar-refractivity contribution >= 4 is 50.0 Å². The lowest BCUT2D eigenvalue weighted by molar-refractivity contribution is -0.137. The van der Waals surface area contributed by atoms with Crippen molar-refractivity contribution in [1.82, 2.24) is 4.58 Å². The minimum absolute atomic E-state index is 0.0545. The van der Waals surface area contributed by atoms with E-state index >= 15 is 13.2 Å². The van der Waals surface area contributed by atoms with Crippen LogP contribution in [0.25, 0.3) is 26.5 Å². The third-order valence-electron chi connectivity index (χ3n) is 11.3. The molecule has 3 aliphatic heterocycles. The van der Waals surface area contributed by atoms with Gasteiger partial charge in [-0.3, -0.25) is 9.35 Å². The first-order valence-electron chi connectivity index (χ1n) is 16.9. The Morgan fingerprint density at radius 1 is 0.906 bits per heavy atom. The van der Waals surface area contributed by atoms with Gasteiger partial charge in [0.1, 0.15) is 29.3 Å². The van der Waals surface area contributed by atoms with Crippen LogP contribution in [0.4, 0.5) is 18.9 Å². The fraction of sp³-hybridized carbons (Fsp3) is 0.282. The van der Waals surface area contributed by atoms with E-state index in [1.807, 2.05) is 37.0 Å². The quantitative estimate of drug-likeness (QED) is 0.0737. The van der Waals surface area contributed by atoms with Gasteiger partial charge in [0, 0.05) is 82.6 Å². The topological polar surface area (TPSA) is 107 Å². The molecule has 8 nitrogen and oxygen atoms in total. The number of carboxylic acids is 1. The zero-order valence-electron chi connectivity index (χ0n) is 29.3. The van der Waals surface area contributed by atoms with Gasteiger partial charge in [0.25, 0.3) is 10.1 Å². The Bertz CT molecular complexity index is 2680.